The molecule has 0 bridgehead atoms. The van der Waals surface area contributed by atoms with Crippen LogP contribution in [0.25, 0.3) is 0 Å². The van der Waals surface area contributed by atoms with Crippen molar-refractivity contribution >= 4 is 34.0 Å². The molecule has 1 heterocycles. The number of carbonyl (C=O) groups is 1. The first-order chi connectivity index (χ1) is 9.04. The molecule has 0 spiro atoms. The molecule has 4 nitrogen and oxygen atoms in total. The second-order valence-corrected chi connectivity index (χ2v) is 5.33. The van der Waals surface area contributed by atoms with Gasteiger partial charge in [0.25, 0.3) is 5.91 Å². The standard InChI is InChI=1S/C12H10ClFN2O2S/c1-7-5-15-12(19-7)16-11(17)6-18-10-3-2-8(14)4-9(10)13/h2-5H,6H2,1H3,(H,15,16,17). The Bertz CT molecular complexity index is 603. The highest BCUT2D eigenvalue weighted by molar-refractivity contribution is 7.15. The first-order valence-corrected chi connectivity index (χ1v) is 6.54. The van der Waals surface area contributed by atoms with Crippen LogP contribution >= 0.6 is 22.9 Å². The summed E-state index contributed by atoms with van der Waals surface area (Å²) in [6.45, 7) is 1.67. The van der Waals surface area contributed by atoms with Gasteiger partial charge in [0.15, 0.2) is 11.7 Å². The topological polar surface area (TPSA) is 51.2 Å². The van der Waals surface area contributed by atoms with E-state index in [-0.39, 0.29) is 23.3 Å². The molecule has 0 aliphatic heterocycles. The van der Waals surface area contributed by atoms with Gasteiger partial charge >= 0.3 is 0 Å². The largest absolute Gasteiger partial charge is 0.482 e. The lowest BCUT2D eigenvalue weighted by atomic mass is 10.3. The summed E-state index contributed by atoms with van der Waals surface area (Å²) in [6.07, 6.45) is 1.66. The minimum atomic E-state index is -0.458. The van der Waals surface area contributed by atoms with Gasteiger partial charge in [0.1, 0.15) is 11.6 Å². The van der Waals surface area contributed by atoms with Crippen LogP contribution in [-0.4, -0.2) is 17.5 Å². The summed E-state index contributed by atoms with van der Waals surface area (Å²) in [5.74, 6) is -0.552. The van der Waals surface area contributed by atoms with Crippen molar-refractivity contribution in [1.82, 2.24) is 4.98 Å². The molecular weight excluding hydrogens is 291 g/mol. The number of aryl methyl sites for hydroxylation is 1. The van der Waals surface area contributed by atoms with Gasteiger partial charge in [-0.25, -0.2) is 9.37 Å². The molecule has 1 N–H and O–H groups in total. The van der Waals surface area contributed by atoms with Crippen LogP contribution in [0.3, 0.4) is 0 Å². The molecule has 1 aromatic heterocycles. The van der Waals surface area contributed by atoms with Crippen LogP contribution < -0.4 is 10.1 Å². The van der Waals surface area contributed by atoms with Crippen LogP contribution in [0.5, 0.6) is 5.75 Å². The Hall–Kier alpha value is -1.66. The van der Waals surface area contributed by atoms with Crippen molar-refractivity contribution in [3.63, 3.8) is 0 Å². The molecule has 0 unspecified atom stereocenters. The van der Waals surface area contributed by atoms with Crippen molar-refractivity contribution in [3.05, 3.63) is 40.1 Å². The van der Waals surface area contributed by atoms with E-state index in [2.05, 4.69) is 10.3 Å². The number of nitrogens with one attached hydrogen (secondary N) is 1. The normalized spacial score (nSPS) is 10.3. The highest BCUT2D eigenvalue weighted by atomic mass is 35.5. The zero-order valence-electron chi connectivity index (χ0n) is 9.94. The van der Waals surface area contributed by atoms with Crippen LogP contribution in [0.2, 0.25) is 5.02 Å². The van der Waals surface area contributed by atoms with E-state index in [1.165, 1.54) is 23.5 Å². The molecule has 0 fully saturated rings. The fraction of sp³-hybridized carbons (Fsp3) is 0.167. The lowest BCUT2D eigenvalue weighted by molar-refractivity contribution is -0.118. The molecule has 0 radical (unpaired) electrons. The summed E-state index contributed by atoms with van der Waals surface area (Å²) in [4.78, 5) is 16.6. The number of carbonyl (C=O) groups excluding carboxylic acids is 1. The van der Waals surface area contributed by atoms with Crippen LogP contribution in [0, 0.1) is 12.7 Å². The Morgan fingerprint density at radius 1 is 1.58 bits per heavy atom. The molecule has 0 aliphatic rings. The summed E-state index contributed by atoms with van der Waals surface area (Å²) < 4.78 is 18.0. The molecule has 2 rings (SSSR count). The van der Waals surface area contributed by atoms with Gasteiger partial charge in [0, 0.05) is 11.1 Å². The third-order valence-corrected chi connectivity index (χ3v) is 3.24. The number of benzene rings is 1. The third kappa shape index (κ3) is 3.90. The molecule has 0 saturated heterocycles. The maximum Gasteiger partial charge on any atom is 0.264 e. The SMILES string of the molecule is Cc1cnc(NC(=O)COc2ccc(F)cc2Cl)s1. The maximum atomic E-state index is 12.8. The van der Waals surface area contributed by atoms with Crippen molar-refractivity contribution in [3.8, 4) is 5.75 Å². The van der Waals surface area contributed by atoms with Crippen molar-refractivity contribution in [2.45, 2.75) is 6.92 Å². The molecule has 0 atom stereocenters. The number of anilines is 1. The zero-order valence-corrected chi connectivity index (χ0v) is 11.5. The number of amides is 1. The number of thiazole rings is 1. The van der Waals surface area contributed by atoms with Gasteiger partial charge in [-0.1, -0.05) is 11.6 Å². The minimum absolute atomic E-state index is 0.123. The van der Waals surface area contributed by atoms with Crippen molar-refractivity contribution in [1.29, 1.82) is 0 Å². The number of aromatic nitrogens is 1. The van der Waals surface area contributed by atoms with Gasteiger partial charge in [-0.2, -0.15) is 0 Å². The predicted octanol–water partition coefficient (Wildman–Crippen LogP) is 3.26. The number of halogens is 2. The monoisotopic (exact) mass is 300 g/mol. The summed E-state index contributed by atoms with van der Waals surface area (Å²) in [7, 11) is 0. The number of hydrogen-bond donors (Lipinski definition) is 1. The number of hydrogen-bond acceptors (Lipinski definition) is 4. The Balaban J connectivity index is 1.89. The number of ether oxygens (including phenoxy) is 1. The highest BCUT2D eigenvalue weighted by Crippen LogP contribution is 2.24. The molecule has 0 aliphatic carbocycles. The van der Waals surface area contributed by atoms with E-state index >= 15 is 0 Å². The number of rotatable bonds is 4. The Kier molecular flexibility index (Phi) is 4.34. The van der Waals surface area contributed by atoms with Gasteiger partial charge in [-0.05, 0) is 25.1 Å². The van der Waals surface area contributed by atoms with Crippen LogP contribution in [0.4, 0.5) is 9.52 Å². The van der Waals surface area contributed by atoms with E-state index < -0.39 is 5.82 Å². The van der Waals surface area contributed by atoms with E-state index in [0.29, 0.717) is 5.13 Å². The summed E-state index contributed by atoms with van der Waals surface area (Å²) in [5.41, 5.74) is 0. The van der Waals surface area contributed by atoms with Gasteiger partial charge in [0.05, 0.1) is 5.02 Å². The van der Waals surface area contributed by atoms with Crippen LogP contribution in [0.15, 0.2) is 24.4 Å². The first-order valence-electron chi connectivity index (χ1n) is 5.35. The molecular formula is C12H10ClFN2O2S. The lowest BCUT2D eigenvalue weighted by Crippen LogP contribution is -2.20. The Morgan fingerprint density at radius 3 is 3.00 bits per heavy atom. The van der Waals surface area contributed by atoms with Crippen molar-refractivity contribution in [2.75, 3.05) is 11.9 Å². The molecule has 0 saturated carbocycles. The quantitative estimate of drug-likeness (QED) is 0.943. The average Bonchev–Trinajstić information content (AvgIpc) is 2.73. The van der Waals surface area contributed by atoms with Gasteiger partial charge in [0.2, 0.25) is 0 Å². The summed E-state index contributed by atoms with van der Waals surface area (Å²) >= 11 is 7.14. The van der Waals surface area contributed by atoms with E-state index in [1.54, 1.807) is 6.20 Å². The van der Waals surface area contributed by atoms with E-state index in [4.69, 9.17) is 16.3 Å². The van der Waals surface area contributed by atoms with Crippen molar-refractivity contribution < 1.29 is 13.9 Å². The summed E-state index contributed by atoms with van der Waals surface area (Å²) in [5, 5.41) is 3.22. The second kappa shape index (κ2) is 5.99. The first kappa shape index (κ1) is 13.8. The average molecular weight is 301 g/mol. The zero-order chi connectivity index (χ0) is 13.8. The van der Waals surface area contributed by atoms with E-state index in [9.17, 15) is 9.18 Å². The van der Waals surface area contributed by atoms with Gasteiger partial charge in [-0.15, -0.1) is 11.3 Å². The maximum absolute atomic E-state index is 12.8. The molecule has 2 aromatic rings. The third-order valence-electron chi connectivity index (χ3n) is 2.12. The van der Waals surface area contributed by atoms with Crippen LogP contribution in [0.1, 0.15) is 4.88 Å². The fourth-order valence-electron chi connectivity index (χ4n) is 1.30. The minimum Gasteiger partial charge on any atom is -0.482 e. The lowest BCUT2D eigenvalue weighted by Gasteiger charge is -2.07. The van der Waals surface area contributed by atoms with Crippen molar-refractivity contribution in [2.24, 2.45) is 0 Å². The molecule has 7 heteroatoms. The van der Waals surface area contributed by atoms with Gasteiger partial charge < -0.3 is 4.74 Å². The highest BCUT2D eigenvalue weighted by Gasteiger charge is 2.08. The molecule has 100 valence electrons. The second-order valence-electron chi connectivity index (χ2n) is 3.69. The van der Waals surface area contributed by atoms with Crippen LogP contribution in [-0.2, 0) is 4.79 Å². The fourth-order valence-corrected chi connectivity index (χ4v) is 2.21. The van der Waals surface area contributed by atoms with E-state index in [1.807, 2.05) is 6.92 Å². The predicted molar refractivity (Wildman–Crippen MR) is 72.4 cm³/mol. The number of nitrogens with zero attached hydrogens (tertiary/aromatic N) is 1. The molecule has 19 heavy (non-hydrogen) atoms. The molecule has 1 amide bonds. The molecule has 1 aromatic carbocycles. The Morgan fingerprint density at radius 2 is 2.37 bits per heavy atom. The Labute approximate surface area is 118 Å². The summed E-state index contributed by atoms with van der Waals surface area (Å²) in [6, 6.07) is 3.71. The smallest absolute Gasteiger partial charge is 0.264 e. The van der Waals surface area contributed by atoms with Gasteiger partial charge in [-0.3, -0.25) is 10.1 Å². The van der Waals surface area contributed by atoms with E-state index in [0.717, 1.165) is 10.9 Å².